The molecule has 3 aliphatic rings. The lowest BCUT2D eigenvalue weighted by Gasteiger charge is -2.08. The monoisotopic (exact) mass is 559 g/mol. The first-order chi connectivity index (χ1) is 19.7. The van der Waals surface area contributed by atoms with Gasteiger partial charge in [-0.05, 0) is 30.5 Å². The highest BCUT2D eigenvalue weighted by Crippen LogP contribution is 2.24. The Balaban J connectivity index is 0.000000515. The van der Waals surface area contributed by atoms with Gasteiger partial charge in [-0.1, -0.05) is 104 Å². The molecule has 0 saturated carbocycles. The fourth-order valence-corrected chi connectivity index (χ4v) is 4.11. The van der Waals surface area contributed by atoms with Crippen molar-refractivity contribution in [1.82, 2.24) is 19.3 Å². The van der Waals surface area contributed by atoms with Crippen molar-refractivity contribution in [3.8, 4) is 0 Å². The predicted octanol–water partition coefficient (Wildman–Crippen LogP) is 8.59. The van der Waals surface area contributed by atoms with E-state index in [0.717, 1.165) is 24.1 Å². The topological polar surface area (TPSA) is 27.0 Å². The predicted molar refractivity (Wildman–Crippen MR) is 187 cm³/mol. The number of aromatic nitrogens is 1. The number of hydrogen-bond donors (Lipinski definition) is 0. The molecule has 5 nitrogen and oxygen atoms in total. The lowest BCUT2D eigenvalue weighted by molar-refractivity contribution is 0.483. The van der Waals surface area contributed by atoms with Crippen molar-refractivity contribution in [1.29, 1.82) is 0 Å². The first kappa shape index (κ1) is 37.3. The van der Waals surface area contributed by atoms with Gasteiger partial charge in [-0.15, -0.1) is 0 Å². The number of likely N-dealkylation sites (tertiary alicyclic amines) is 1. The minimum absolute atomic E-state index is 0.861. The number of hydrogen-bond acceptors (Lipinski definition) is 4. The first-order valence-corrected chi connectivity index (χ1v) is 15.0. The van der Waals surface area contributed by atoms with Crippen LogP contribution in [0.3, 0.4) is 0 Å². The van der Waals surface area contributed by atoms with Crippen LogP contribution in [0.1, 0.15) is 60.8 Å². The molecule has 1 aromatic heterocycles. The maximum atomic E-state index is 4.10. The largest absolute Gasteiger partial charge is 0.378 e. The lowest BCUT2D eigenvalue weighted by Crippen LogP contribution is -2.10. The molecule has 41 heavy (non-hydrogen) atoms. The summed E-state index contributed by atoms with van der Waals surface area (Å²) in [5.41, 5.74) is 3.74. The highest BCUT2D eigenvalue weighted by atomic mass is 15.2. The van der Waals surface area contributed by atoms with Crippen molar-refractivity contribution < 1.29 is 0 Å². The van der Waals surface area contributed by atoms with Gasteiger partial charge in [0.15, 0.2) is 0 Å². The summed E-state index contributed by atoms with van der Waals surface area (Å²) < 4.78 is 2.15. The molecule has 2 aromatic carbocycles. The summed E-state index contributed by atoms with van der Waals surface area (Å²) in [4.78, 5) is 10.1. The molecule has 0 bridgehead atoms. The quantitative estimate of drug-likeness (QED) is 0.276. The zero-order chi connectivity index (χ0) is 31.5. The SMILES string of the molecule is C=C1CC=CN1C.C=C1CCCN1C.C=C1N=CCN1C.C=c1c2cccc3cccc(c32)n1C.CC.CC.CC. The third-order valence-electron chi connectivity index (χ3n) is 6.68. The Morgan fingerprint density at radius 1 is 0.756 bits per heavy atom. The van der Waals surface area contributed by atoms with Crippen molar-refractivity contribution in [3.63, 3.8) is 0 Å². The maximum absolute atomic E-state index is 4.10. The van der Waals surface area contributed by atoms with Crippen LogP contribution in [0.4, 0.5) is 0 Å². The second-order valence-electron chi connectivity index (χ2n) is 9.15. The minimum Gasteiger partial charge on any atom is -0.378 e. The van der Waals surface area contributed by atoms with E-state index in [9.17, 15) is 0 Å². The molecule has 0 amide bonds. The Morgan fingerprint density at radius 3 is 1.71 bits per heavy atom. The smallest absolute Gasteiger partial charge is 0.120 e. The van der Waals surface area contributed by atoms with Crippen LogP contribution in [-0.4, -0.2) is 59.7 Å². The van der Waals surface area contributed by atoms with Crippen molar-refractivity contribution in [2.45, 2.75) is 60.8 Å². The van der Waals surface area contributed by atoms with Gasteiger partial charge < -0.3 is 19.3 Å². The first-order valence-electron chi connectivity index (χ1n) is 15.0. The number of benzene rings is 2. The third kappa shape index (κ3) is 11.0. The lowest BCUT2D eigenvalue weighted by atomic mass is 10.1. The van der Waals surface area contributed by atoms with E-state index >= 15 is 0 Å². The summed E-state index contributed by atoms with van der Waals surface area (Å²) in [6.07, 6.45) is 9.51. The van der Waals surface area contributed by atoms with Crippen LogP contribution in [0.2, 0.25) is 0 Å². The fraction of sp³-hybridized carbons (Fsp3) is 0.417. The number of rotatable bonds is 0. The maximum Gasteiger partial charge on any atom is 0.120 e. The van der Waals surface area contributed by atoms with Crippen molar-refractivity contribution >= 4 is 34.5 Å². The number of aliphatic imine (C=N–C) groups is 1. The molecule has 0 spiro atoms. The van der Waals surface area contributed by atoms with Gasteiger partial charge in [0.2, 0.25) is 0 Å². The summed E-state index contributed by atoms with van der Waals surface area (Å²) in [6, 6.07) is 12.8. The average molecular weight is 560 g/mol. The van der Waals surface area contributed by atoms with Crippen molar-refractivity contribution in [2.75, 3.05) is 34.2 Å². The van der Waals surface area contributed by atoms with Gasteiger partial charge in [-0.25, -0.2) is 4.99 Å². The summed E-state index contributed by atoms with van der Waals surface area (Å²) in [6.45, 7) is 29.5. The van der Waals surface area contributed by atoms with Gasteiger partial charge in [0.1, 0.15) is 5.82 Å². The fourth-order valence-electron chi connectivity index (χ4n) is 4.11. The van der Waals surface area contributed by atoms with E-state index in [2.05, 4.69) is 97.3 Å². The van der Waals surface area contributed by atoms with Gasteiger partial charge in [-0.3, -0.25) is 0 Å². The Labute approximate surface area is 251 Å². The van der Waals surface area contributed by atoms with Gasteiger partial charge in [0, 0.05) is 80.4 Å². The zero-order valence-electron chi connectivity index (χ0n) is 27.8. The van der Waals surface area contributed by atoms with E-state index in [0.29, 0.717) is 0 Å². The normalized spacial score (nSPS) is 14.5. The van der Waals surface area contributed by atoms with Crippen LogP contribution >= 0.6 is 0 Å². The molecule has 0 N–H and O–H groups in total. The number of nitrogens with zero attached hydrogens (tertiary/aromatic N) is 5. The van der Waals surface area contributed by atoms with E-state index in [1.807, 2.05) is 77.9 Å². The summed E-state index contributed by atoms with van der Waals surface area (Å²) >= 11 is 0. The van der Waals surface area contributed by atoms with Crippen molar-refractivity contribution in [3.05, 3.63) is 91.0 Å². The van der Waals surface area contributed by atoms with E-state index in [1.165, 1.54) is 52.5 Å². The van der Waals surface area contributed by atoms with E-state index in [1.54, 1.807) is 0 Å². The highest BCUT2D eigenvalue weighted by Gasteiger charge is 2.08. The van der Waals surface area contributed by atoms with Gasteiger partial charge in [0.05, 0.1) is 6.54 Å². The molecule has 0 radical (unpaired) electrons. The summed E-state index contributed by atoms with van der Waals surface area (Å²) in [7, 11) is 8.13. The average Bonchev–Trinajstić information content (AvgIpc) is 3.76. The molecule has 0 unspecified atom stereocenters. The van der Waals surface area contributed by atoms with Gasteiger partial charge in [0.25, 0.3) is 0 Å². The molecule has 0 atom stereocenters. The second kappa shape index (κ2) is 20.2. The van der Waals surface area contributed by atoms with Gasteiger partial charge >= 0.3 is 0 Å². The molecule has 3 aromatic rings. The molecule has 0 aliphatic carbocycles. The van der Waals surface area contributed by atoms with E-state index < -0.39 is 0 Å². The Kier molecular flexibility index (Phi) is 18.4. The summed E-state index contributed by atoms with van der Waals surface area (Å²) in [5.74, 6) is 0.861. The van der Waals surface area contributed by atoms with Crippen LogP contribution in [0, 0.1) is 0 Å². The molecule has 226 valence electrons. The van der Waals surface area contributed by atoms with Crippen LogP contribution in [0.25, 0.3) is 28.3 Å². The Morgan fingerprint density at radius 2 is 1.37 bits per heavy atom. The van der Waals surface area contributed by atoms with Crippen LogP contribution < -0.4 is 5.35 Å². The highest BCUT2D eigenvalue weighted by molar-refractivity contribution is 6.09. The molecule has 4 heterocycles. The molecular formula is C36H57N5. The molecule has 3 aliphatic heterocycles. The zero-order valence-corrected chi connectivity index (χ0v) is 27.8. The van der Waals surface area contributed by atoms with Crippen LogP contribution in [-0.2, 0) is 7.05 Å². The second-order valence-corrected chi connectivity index (χ2v) is 9.15. The van der Waals surface area contributed by atoms with Crippen molar-refractivity contribution in [2.24, 2.45) is 12.0 Å². The molecule has 6 rings (SSSR count). The standard InChI is InChI=1S/C13H11N.C6H11N.C6H9N.C5H8N2.3C2H6/c1-9-11-7-3-5-10-6-4-8-12(13(10)11)14(9)2;2*1-6-4-3-5-7(6)2;1-5-6-3-4-7(5)2;3*1-2/h3-8H,1H2,2H3;1,3-5H2,2H3;3,5H,1,4H2,2H3;3H,1,4H2,2H3;3*1-2H3. The molecule has 1 fully saturated rings. The Bertz CT molecular complexity index is 1300. The van der Waals surface area contributed by atoms with E-state index in [-0.39, 0.29) is 0 Å². The Hall–Kier alpha value is -3.73. The minimum atomic E-state index is 0.861. The van der Waals surface area contributed by atoms with E-state index in [4.69, 9.17) is 0 Å². The number of allylic oxidation sites excluding steroid dienone is 2. The van der Waals surface area contributed by atoms with Crippen LogP contribution in [0.15, 0.2) is 90.6 Å². The molecule has 5 heteroatoms. The number of aryl methyl sites for hydroxylation is 1. The molecular weight excluding hydrogens is 502 g/mol. The van der Waals surface area contributed by atoms with Crippen LogP contribution in [0.5, 0.6) is 0 Å². The molecule has 1 saturated heterocycles. The van der Waals surface area contributed by atoms with Gasteiger partial charge in [-0.2, -0.15) is 0 Å². The summed E-state index contributed by atoms with van der Waals surface area (Å²) in [5, 5.41) is 4.99. The third-order valence-corrected chi connectivity index (χ3v) is 6.68.